The van der Waals surface area contributed by atoms with Crippen molar-refractivity contribution in [2.45, 2.75) is 63.8 Å². The molecule has 0 aromatic rings. The van der Waals surface area contributed by atoms with E-state index in [-0.39, 0.29) is 47.4 Å². The molecule has 33 heavy (non-hydrogen) atoms. The predicted octanol–water partition coefficient (Wildman–Crippen LogP) is 2.95. The van der Waals surface area contributed by atoms with E-state index < -0.39 is 18.1 Å². The summed E-state index contributed by atoms with van der Waals surface area (Å²) in [6.07, 6.45) is 17.0. The first-order valence-corrected chi connectivity index (χ1v) is 11.3. The maximum absolute atomic E-state index is 12.5. The number of likely N-dealkylation sites (tertiary alicyclic amines) is 1. The molecule has 3 saturated heterocycles. The lowest BCUT2D eigenvalue weighted by molar-refractivity contribution is -0.126. The largest absolute Gasteiger partial charge is 0.507 e. The standard InChI is InChI=1S/C26H33NO6/c1-16(2)22-24(30)21(26(31)27(22)4)18(28)13-11-9-7-5-6-8-10-12-14-19-23(29)25-20(33-19)15-17(3)32-25/h5-14,16-17,19-20,22-23,25,28-29H,15H2,1-4H3. The summed E-state index contributed by atoms with van der Waals surface area (Å²) in [5.74, 6) is -1.15. The number of allylic oxidation sites excluding steroid dienone is 9. The first-order chi connectivity index (χ1) is 15.7. The maximum atomic E-state index is 12.5. The minimum Gasteiger partial charge on any atom is -0.507 e. The summed E-state index contributed by atoms with van der Waals surface area (Å²) in [7, 11) is 1.57. The fourth-order valence-corrected chi connectivity index (χ4v) is 4.44. The van der Waals surface area contributed by atoms with E-state index in [1.807, 2.05) is 51.2 Å². The Labute approximate surface area is 195 Å². The van der Waals surface area contributed by atoms with Crippen molar-refractivity contribution in [2.24, 2.45) is 5.92 Å². The zero-order valence-electron chi connectivity index (χ0n) is 19.5. The number of ether oxygens (including phenoxy) is 2. The lowest BCUT2D eigenvalue weighted by atomic mass is 9.98. The van der Waals surface area contributed by atoms with E-state index in [0.717, 1.165) is 6.42 Å². The molecule has 3 aliphatic rings. The summed E-state index contributed by atoms with van der Waals surface area (Å²) in [4.78, 5) is 26.1. The molecule has 0 aromatic carbocycles. The fraction of sp³-hybridized carbons (Fsp3) is 0.462. The topological polar surface area (TPSA) is 96.3 Å². The summed E-state index contributed by atoms with van der Waals surface area (Å²) in [5, 5.41) is 20.5. The van der Waals surface area contributed by atoms with Crippen LogP contribution in [0.3, 0.4) is 0 Å². The molecule has 0 radical (unpaired) electrons. The monoisotopic (exact) mass is 455 g/mol. The van der Waals surface area contributed by atoms with Crippen LogP contribution in [0.15, 0.2) is 72.1 Å². The number of nitrogens with zero attached hydrogens (tertiary/aromatic N) is 1. The Morgan fingerprint density at radius 1 is 1.03 bits per heavy atom. The molecule has 3 heterocycles. The SMILES string of the molecule is CC1CC2OC(C=CC=CC=CC=CC=CC(O)=C3C(=O)C(C(C)C)N(C)C3=O)C(O)C2O1. The average molecular weight is 456 g/mol. The average Bonchev–Trinajstić information content (AvgIpc) is 3.33. The lowest BCUT2D eigenvalue weighted by Crippen LogP contribution is -2.36. The van der Waals surface area contributed by atoms with Crippen molar-refractivity contribution in [1.82, 2.24) is 4.90 Å². The second-order valence-corrected chi connectivity index (χ2v) is 8.90. The van der Waals surface area contributed by atoms with Gasteiger partial charge in [-0.2, -0.15) is 0 Å². The quantitative estimate of drug-likeness (QED) is 0.265. The first kappa shape index (κ1) is 24.9. The molecule has 2 N–H and O–H groups in total. The molecule has 3 rings (SSSR count). The van der Waals surface area contributed by atoms with Crippen molar-refractivity contribution in [3.63, 3.8) is 0 Å². The zero-order chi connectivity index (χ0) is 24.1. The number of carbonyl (C=O) groups is 2. The molecule has 0 saturated carbocycles. The third-order valence-electron chi connectivity index (χ3n) is 6.01. The molecule has 1 amide bonds. The molecular weight excluding hydrogens is 422 g/mol. The van der Waals surface area contributed by atoms with Crippen LogP contribution in [0.1, 0.15) is 27.2 Å². The maximum Gasteiger partial charge on any atom is 0.261 e. The molecule has 6 atom stereocenters. The van der Waals surface area contributed by atoms with Crippen LogP contribution in [0.4, 0.5) is 0 Å². The van der Waals surface area contributed by atoms with E-state index >= 15 is 0 Å². The van der Waals surface area contributed by atoms with Gasteiger partial charge in [-0.15, -0.1) is 0 Å². The molecule has 0 aliphatic carbocycles. The highest BCUT2D eigenvalue weighted by Crippen LogP contribution is 2.34. The molecule has 178 valence electrons. The number of ketones is 1. The van der Waals surface area contributed by atoms with Gasteiger partial charge in [0.25, 0.3) is 5.91 Å². The summed E-state index contributed by atoms with van der Waals surface area (Å²) < 4.78 is 11.5. The van der Waals surface area contributed by atoms with Gasteiger partial charge in [0.2, 0.25) is 0 Å². The molecule has 6 unspecified atom stereocenters. The van der Waals surface area contributed by atoms with Crippen molar-refractivity contribution < 1.29 is 29.3 Å². The van der Waals surface area contributed by atoms with Crippen LogP contribution in [0.25, 0.3) is 0 Å². The van der Waals surface area contributed by atoms with Gasteiger partial charge in [-0.1, -0.05) is 68.5 Å². The van der Waals surface area contributed by atoms with Crippen molar-refractivity contribution >= 4 is 11.7 Å². The fourth-order valence-electron chi connectivity index (χ4n) is 4.44. The van der Waals surface area contributed by atoms with Crippen LogP contribution in [0.2, 0.25) is 0 Å². The predicted molar refractivity (Wildman–Crippen MR) is 125 cm³/mol. The number of aliphatic hydroxyl groups excluding tert-OH is 2. The number of amides is 1. The lowest BCUT2D eigenvalue weighted by Gasteiger charge is -2.20. The van der Waals surface area contributed by atoms with Gasteiger partial charge in [-0.3, -0.25) is 9.59 Å². The Bertz CT molecular complexity index is 925. The third-order valence-corrected chi connectivity index (χ3v) is 6.01. The number of likely N-dealkylation sites (N-methyl/N-ethyl adjacent to an activating group) is 1. The van der Waals surface area contributed by atoms with Gasteiger partial charge in [0, 0.05) is 13.5 Å². The van der Waals surface area contributed by atoms with E-state index in [9.17, 15) is 19.8 Å². The van der Waals surface area contributed by atoms with Crippen molar-refractivity contribution in [1.29, 1.82) is 0 Å². The van der Waals surface area contributed by atoms with Crippen LogP contribution in [0, 0.1) is 5.92 Å². The number of rotatable bonds is 7. The van der Waals surface area contributed by atoms with Gasteiger partial charge in [0.1, 0.15) is 29.6 Å². The summed E-state index contributed by atoms with van der Waals surface area (Å²) >= 11 is 0. The molecule has 0 aromatic heterocycles. The van der Waals surface area contributed by atoms with E-state index in [2.05, 4.69) is 0 Å². The Hall–Kier alpha value is -2.74. The molecule has 0 spiro atoms. The molecule has 7 nitrogen and oxygen atoms in total. The Morgan fingerprint density at radius 2 is 1.64 bits per heavy atom. The molecule has 3 fully saturated rings. The number of carbonyl (C=O) groups excluding carboxylic acids is 2. The van der Waals surface area contributed by atoms with Gasteiger partial charge in [0.05, 0.1) is 18.2 Å². The van der Waals surface area contributed by atoms with Crippen LogP contribution in [-0.4, -0.2) is 70.4 Å². The van der Waals surface area contributed by atoms with Gasteiger partial charge in [0.15, 0.2) is 5.78 Å². The van der Waals surface area contributed by atoms with Crippen molar-refractivity contribution in [3.05, 3.63) is 72.1 Å². The normalized spacial score (nSPS) is 34.7. The van der Waals surface area contributed by atoms with Gasteiger partial charge in [-0.25, -0.2) is 0 Å². The van der Waals surface area contributed by atoms with Crippen LogP contribution < -0.4 is 0 Å². The number of Topliss-reactive ketones (excluding diaryl/α,β-unsaturated/α-hetero) is 1. The first-order valence-electron chi connectivity index (χ1n) is 11.3. The van der Waals surface area contributed by atoms with Gasteiger partial charge in [-0.05, 0) is 18.9 Å². The van der Waals surface area contributed by atoms with Crippen LogP contribution in [0.5, 0.6) is 0 Å². The smallest absolute Gasteiger partial charge is 0.261 e. The molecular formula is C26H33NO6. The van der Waals surface area contributed by atoms with Gasteiger partial charge >= 0.3 is 0 Å². The number of aliphatic hydroxyl groups is 2. The Balaban J connectivity index is 1.46. The number of fused-ring (bicyclic) bond motifs is 1. The molecule has 7 heteroatoms. The van der Waals surface area contributed by atoms with Gasteiger partial charge < -0.3 is 24.6 Å². The Morgan fingerprint density at radius 3 is 2.21 bits per heavy atom. The van der Waals surface area contributed by atoms with E-state index in [1.54, 1.807) is 31.4 Å². The summed E-state index contributed by atoms with van der Waals surface area (Å²) in [5.41, 5.74) is -0.160. The van der Waals surface area contributed by atoms with E-state index in [1.165, 1.54) is 11.0 Å². The van der Waals surface area contributed by atoms with Crippen molar-refractivity contribution in [3.8, 4) is 0 Å². The van der Waals surface area contributed by atoms with Crippen molar-refractivity contribution in [2.75, 3.05) is 7.05 Å². The molecule has 3 aliphatic heterocycles. The highest BCUT2D eigenvalue weighted by molar-refractivity contribution is 6.27. The minimum absolute atomic E-state index is 0.0260. The number of hydrogen-bond donors (Lipinski definition) is 2. The summed E-state index contributed by atoms with van der Waals surface area (Å²) in [6, 6.07) is -0.539. The van der Waals surface area contributed by atoms with E-state index in [4.69, 9.17) is 9.47 Å². The minimum atomic E-state index is -0.646. The number of hydrogen-bond acceptors (Lipinski definition) is 6. The Kier molecular flexibility index (Phi) is 8.24. The molecule has 0 bridgehead atoms. The summed E-state index contributed by atoms with van der Waals surface area (Å²) in [6.45, 7) is 5.72. The highest BCUT2D eigenvalue weighted by atomic mass is 16.6. The third kappa shape index (κ3) is 5.61. The second kappa shape index (κ2) is 10.9. The second-order valence-electron chi connectivity index (χ2n) is 8.90. The van der Waals surface area contributed by atoms with Crippen LogP contribution >= 0.6 is 0 Å². The highest BCUT2D eigenvalue weighted by Gasteiger charge is 2.48. The zero-order valence-corrected chi connectivity index (χ0v) is 19.5. The van der Waals surface area contributed by atoms with E-state index in [0.29, 0.717) is 0 Å². The van der Waals surface area contributed by atoms with Crippen LogP contribution in [-0.2, 0) is 19.1 Å².